The standard InChI is InChI=1S/C30H27FN4O2/c31-24-14-12-23(13-15-24)29-33-27-11-5-4-10-26(27)30(34-29)35(18-16-22-7-2-1-3-8-22)19-17-28(36)32-21-25-9-6-20-37-25/h1-15,20H,16-19,21H2,(H,32,36). The second-order valence-corrected chi connectivity index (χ2v) is 8.72. The SMILES string of the molecule is O=C(CCN(CCc1ccccc1)c1nc(-c2ccc(F)cc2)nc2ccccc12)NCc1ccco1. The van der Waals surface area contributed by atoms with Crippen molar-refractivity contribution in [3.63, 3.8) is 0 Å². The highest BCUT2D eigenvalue weighted by atomic mass is 19.1. The third kappa shape index (κ3) is 6.19. The molecule has 5 rings (SSSR count). The number of nitrogens with one attached hydrogen (secondary N) is 1. The van der Waals surface area contributed by atoms with E-state index in [1.807, 2.05) is 48.5 Å². The average molecular weight is 495 g/mol. The molecule has 1 N–H and O–H groups in total. The molecule has 0 saturated carbocycles. The van der Waals surface area contributed by atoms with Crippen LogP contribution in [0.1, 0.15) is 17.7 Å². The Kier molecular flexibility index (Phi) is 7.50. The van der Waals surface area contributed by atoms with Gasteiger partial charge in [-0.25, -0.2) is 14.4 Å². The molecule has 0 aliphatic heterocycles. The maximum Gasteiger partial charge on any atom is 0.222 e. The number of hydrogen-bond acceptors (Lipinski definition) is 5. The summed E-state index contributed by atoms with van der Waals surface area (Å²) in [5.74, 6) is 1.59. The fourth-order valence-electron chi connectivity index (χ4n) is 4.19. The van der Waals surface area contributed by atoms with Gasteiger partial charge < -0.3 is 14.6 Å². The number of benzene rings is 3. The summed E-state index contributed by atoms with van der Waals surface area (Å²) in [6, 6.07) is 27.9. The third-order valence-electron chi connectivity index (χ3n) is 6.15. The molecule has 7 heteroatoms. The first-order chi connectivity index (χ1) is 18.2. The molecule has 186 valence electrons. The normalized spacial score (nSPS) is 10.9. The van der Waals surface area contributed by atoms with Crippen molar-refractivity contribution in [3.05, 3.63) is 114 Å². The van der Waals surface area contributed by atoms with Crippen molar-refractivity contribution >= 4 is 22.6 Å². The molecular formula is C30H27FN4O2. The van der Waals surface area contributed by atoms with Crippen LogP contribution in [-0.4, -0.2) is 29.0 Å². The van der Waals surface area contributed by atoms with Crippen LogP contribution in [0, 0.1) is 5.82 Å². The molecular weight excluding hydrogens is 467 g/mol. The Hall–Kier alpha value is -4.52. The van der Waals surface area contributed by atoms with Crippen LogP contribution in [0.3, 0.4) is 0 Å². The molecule has 2 heterocycles. The Morgan fingerprint density at radius 1 is 0.865 bits per heavy atom. The lowest BCUT2D eigenvalue weighted by atomic mass is 10.1. The molecule has 0 aliphatic carbocycles. The number of rotatable bonds is 10. The molecule has 0 atom stereocenters. The van der Waals surface area contributed by atoms with Crippen molar-refractivity contribution in [1.29, 1.82) is 0 Å². The van der Waals surface area contributed by atoms with Crippen LogP contribution in [0.4, 0.5) is 10.2 Å². The Morgan fingerprint density at radius 2 is 1.65 bits per heavy atom. The van der Waals surface area contributed by atoms with Crippen LogP contribution in [0.5, 0.6) is 0 Å². The van der Waals surface area contributed by atoms with Crippen LogP contribution < -0.4 is 10.2 Å². The highest BCUT2D eigenvalue weighted by Gasteiger charge is 2.17. The lowest BCUT2D eigenvalue weighted by Gasteiger charge is -2.25. The van der Waals surface area contributed by atoms with Gasteiger partial charge in [-0.1, -0.05) is 42.5 Å². The van der Waals surface area contributed by atoms with Crippen molar-refractivity contribution in [3.8, 4) is 11.4 Å². The molecule has 0 fully saturated rings. The number of furan rings is 1. The molecule has 0 radical (unpaired) electrons. The van der Waals surface area contributed by atoms with Gasteiger partial charge in [0, 0.05) is 30.5 Å². The van der Waals surface area contributed by atoms with Gasteiger partial charge in [0.05, 0.1) is 18.3 Å². The molecule has 6 nitrogen and oxygen atoms in total. The van der Waals surface area contributed by atoms with Crippen molar-refractivity contribution in [1.82, 2.24) is 15.3 Å². The van der Waals surface area contributed by atoms with Crippen molar-refractivity contribution in [2.75, 3.05) is 18.0 Å². The van der Waals surface area contributed by atoms with Gasteiger partial charge in [0.25, 0.3) is 0 Å². The number of carbonyl (C=O) groups is 1. The first-order valence-corrected chi connectivity index (χ1v) is 12.3. The Labute approximate surface area is 214 Å². The molecule has 37 heavy (non-hydrogen) atoms. The Balaban J connectivity index is 1.44. The second-order valence-electron chi connectivity index (χ2n) is 8.72. The summed E-state index contributed by atoms with van der Waals surface area (Å²) >= 11 is 0. The number of fused-ring (bicyclic) bond motifs is 1. The zero-order chi connectivity index (χ0) is 25.5. The fraction of sp³-hybridized carbons (Fsp3) is 0.167. The number of hydrogen-bond donors (Lipinski definition) is 1. The van der Waals surface area contributed by atoms with Gasteiger partial charge in [-0.15, -0.1) is 0 Å². The van der Waals surface area contributed by atoms with Gasteiger partial charge in [-0.2, -0.15) is 0 Å². The highest BCUT2D eigenvalue weighted by Crippen LogP contribution is 2.28. The quantitative estimate of drug-likeness (QED) is 0.266. The Morgan fingerprint density at radius 3 is 2.43 bits per heavy atom. The van der Waals surface area contributed by atoms with E-state index < -0.39 is 0 Å². The van der Waals surface area contributed by atoms with Crippen LogP contribution in [0.15, 0.2) is 102 Å². The summed E-state index contributed by atoms with van der Waals surface area (Å²) in [5, 5.41) is 3.82. The van der Waals surface area contributed by atoms with Crippen LogP contribution in [0.2, 0.25) is 0 Å². The summed E-state index contributed by atoms with van der Waals surface area (Å²) < 4.78 is 18.9. The fourth-order valence-corrected chi connectivity index (χ4v) is 4.19. The van der Waals surface area contributed by atoms with Gasteiger partial charge in [0.15, 0.2) is 5.82 Å². The van der Waals surface area contributed by atoms with Gasteiger partial charge in [0.1, 0.15) is 17.4 Å². The minimum Gasteiger partial charge on any atom is -0.467 e. The summed E-state index contributed by atoms with van der Waals surface area (Å²) in [4.78, 5) is 24.5. The minimum absolute atomic E-state index is 0.0711. The summed E-state index contributed by atoms with van der Waals surface area (Å²) in [6.07, 6.45) is 2.67. The number of nitrogens with zero attached hydrogens (tertiary/aromatic N) is 3. The first-order valence-electron chi connectivity index (χ1n) is 12.3. The summed E-state index contributed by atoms with van der Waals surface area (Å²) in [7, 11) is 0. The number of carbonyl (C=O) groups excluding carboxylic acids is 1. The zero-order valence-electron chi connectivity index (χ0n) is 20.3. The predicted molar refractivity (Wildman–Crippen MR) is 142 cm³/mol. The van der Waals surface area contributed by atoms with Crippen LogP contribution in [-0.2, 0) is 17.8 Å². The monoisotopic (exact) mass is 494 g/mol. The van der Waals surface area contributed by atoms with E-state index in [1.54, 1.807) is 24.5 Å². The molecule has 1 amide bonds. The van der Waals surface area contributed by atoms with Crippen LogP contribution >= 0.6 is 0 Å². The van der Waals surface area contributed by atoms with Crippen molar-refractivity contribution < 1.29 is 13.6 Å². The van der Waals surface area contributed by atoms with E-state index in [2.05, 4.69) is 22.3 Å². The van der Waals surface area contributed by atoms with E-state index in [-0.39, 0.29) is 11.7 Å². The van der Waals surface area contributed by atoms with Gasteiger partial charge in [-0.3, -0.25) is 4.79 Å². The van der Waals surface area contributed by atoms with Gasteiger partial charge in [0.2, 0.25) is 5.91 Å². The van der Waals surface area contributed by atoms with Gasteiger partial charge in [-0.05, 0) is 60.5 Å². The lowest BCUT2D eigenvalue weighted by Crippen LogP contribution is -2.33. The number of halogens is 1. The average Bonchev–Trinajstić information content (AvgIpc) is 3.46. The molecule has 0 aliphatic rings. The van der Waals surface area contributed by atoms with Crippen molar-refractivity contribution in [2.24, 2.45) is 0 Å². The first kappa shape index (κ1) is 24.2. The smallest absolute Gasteiger partial charge is 0.222 e. The topological polar surface area (TPSA) is 71.3 Å². The third-order valence-corrected chi connectivity index (χ3v) is 6.15. The predicted octanol–water partition coefficient (Wildman–Crippen LogP) is 5.78. The summed E-state index contributed by atoms with van der Waals surface area (Å²) in [5.41, 5.74) is 2.72. The van der Waals surface area contributed by atoms with E-state index in [0.29, 0.717) is 37.6 Å². The largest absolute Gasteiger partial charge is 0.467 e. The molecule has 2 aromatic heterocycles. The lowest BCUT2D eigenvalue weighted by molar-refractivity contribution is -0.121. The number of para-hydroxylation sites is 1. The van der Waals surface area contributed by atoms with Gasteiger partial charge >= 0.3 is 0 Å². The molecule has 0 saturated heterocycles. The highest BCUT2D eigenvalue weighted by molar-refractivity contribution is 5.91. The Bertz CT molecular complexity index is 1450. The molecule has 5 aromatic rings. The molecule has 0 unspecified atom stereocenters. The number of amides is 1. The number of aromatic nitrogens is 2. The van der Waals surface area contributed by atoms with E-state index in [0.717, 1.165) is 28.7 Å². The maximum atomic E-state index is 13.6. The molecule has 0 bridgehead atoms. The minimum atomic E-state index is -0.310. The van der Waals surface area contributed by atoms with E-state index in [1.165, 1.54) is 17.7 Å². The van der Waals surface area contributed by atoms with E-state index >= 15 is 0 Å². The van der Waals surface area contributed by atoms with Crippen LogP contribution in [0.25, 0.3) is 22.3 Å². The summed E-state index contributed by atoms with van der Waals surface area (Å²) in [6.45, 7) is 1.49. The molecule has 0 spiro atoms. The second kappa shape index (κ2) is 11.5. The zero-order valence-corrected chi connectivity index (χ0v) is 20.3. The molecule has 3 aromatic carbocycles. The van der Waals surface area contributed by atoms with E-state index in [4.69, 9.17) is 14.4 Å². The number of anilines is 1. The van der Waals surface area contributed by atoms with E-state index in [9.17, 15) is 9.18 Å². The maximum absolute atomic E-state index is 13.6. The van der Waals surface area contributed by atoms with Crippen molar-refractivity contribution in [2.45, 2.75) is 19.4 Å².